The topological polar surface area (TPSA) is 24.4 Å². The average Bonchev–Trinajstić information content (AvgIpc) is 3.67. The molecule has 57 heavy (non-hydrogen) atoms. The number of nitrogens with one attached hydrogen (secondary N) is 1. The number of fused-ring (bicyclic) bond motifs is 8. The molecule has 1 fully saturated rings. The predicted molar refractivity (Wildman–Crippen MR) is 237 cm³/mol. The molecule has 5 aromatic rings. The smallest absolute Gasteiger partial charge is 0.133 e. The van der Waals surface area contributed by atoms with Crippen LogP contribution in [-0.2, 0) is 10.8 Å². The zero-order valence-electron chi connectivity index (χ0n) is 33.1. The van der Waals surface area contributed by atoms with Crippen LogP contribution in [0.15, 0.2) is 174 Å². The molecule has 0 amide bonds. The van der Waals surface area contributed by atoms with Crippen LogP contribution >= 0.6 is 0 Å². The largest absolute Gasteiger partial charge is 0.340 e. The van der Waals surface area contributed by atoms with E-state index in [-0.39, 0.29) is 16.9 Å². The number of allylic oxidation sites excluding steroid dienone is 7. The van der Waals surface area contributed by atoms with Crippen molar-refractivity contribution in [2.75, 3.05) is 0 Å². The minimum atomic E-state index is -0.119. The predicted octanol–water partition coefficient (Wildman–Crippen LogP) is 13.5. The Labute approximate surface area is 338 Å². The van der Waals surface area contributed by atoms with E-state index in [1.54, 1.807) is 5.56 Å². The van der Waals surface area contributed by atoms with Crippen LogP contribution in [0.3, 0.4) is 0 Å². The van der Waals surface area contributed by atoms with Crippen molar-refractivity contribution in [3.05, 3.63) is 202 Å². The van der Waals surface area contributed by atoms with Gasteiger partial charge >= 0.3 is 0 Å². The van der Waals surface area contributed by atoms with Crippen LogP contribution in [0.4, 0.5) is 0 Å². The first kappa shape index (κ1) is 34.5. The number of hydrogen-bond donors (Lipinski definition) is 1. The normalized spacial score (nSPS) is 23.1. The first-order valence-corrected chi connectivity index (χ1v) is 21.4. The van der Waals surface area contributed by atoms with Gasteiger partial charge in [-0.3, -0.25) is 4.99 Å². The molecule has 3 unspecified atom stereocenters. The Kier molecular flexibility index (Phi) is 8.14. The van der Waals surface area contributed by atoms with Crippen molar-refractivity contribution in [3.8, 4) is 33.4 Å². The molecule has 0 aromatic heterocycles. The maximum absolute atomic E-state index is 5.40. The second-order valence-corrected chi connectivity index (χ2v) is 17.7. The molecule has 5 aromatic carbocycles. The maximum Gasteiger partial charge on any atom is 0.133 e. The highest BCUT2D eigenvalue weighted by molar-refractivity contribution is 6.01. The number of aliphatic imine (C=N–C) groups is 1. The average molecular weight is 739 g/mol. The second kappa shape index (κ2) is 13.4. The molecule has 280 valence electrons. The van der Waals surface area contributed by atoms with Crippen LogP contribution in [-0.4, -0.2) is 5.84 Å². The van der Waals surface area contributed by atoms with Crippen LogP contribution < -0.4 is 5.32 Å². The lowest BCUT2D eigenvalue weighted by molar-refractivity contribution is 0.353. The summed E-state index contributed by atoms with van der Waals surface area (Å²) >= 11 is 0. The van der Waals surface area contributed by atoms with E-state index in [4.69, 9.17) is 4.99 Å². The van der Waals surface area contributed by atoms with Gasteiger partial charge in [-0.2, -0.15) is 0 Å². The highest BCUT2D eigenvalue weighted by Gasteiger charge is 2.47. The molecule has 0 saturated heterocycles. The Hall–Kier alpha value is -5.73. The highest BCUT2D eigenvalue weighted by Crippen LogP contribution is 2.61. The van der Waals surface area contributed by atoms with Crippen molar-refractivity contribution < 1.29 is 0 Å². The molecule has 3 atom stereocenters. The van der Waals surface area contributed by atoms with Gasteiger partial charge in [-0.15, -0.1) is 0 Å². The Balaban J connectivity index is 1.01. The third kappa shape index (κ3) is 5.55. The van der Waals surface area contributed by atoms with E-state index in [0.29, 0.717) is 11.8 Å². The number of nitrogens with zero attached hydrogens (tertiary/aromatic N) is 1. The zero-order valence-corrected chi connectivity index (χ0v) is 33.1. The van der Waals surface area contributed by atoms with Gasteiger partial charge in [0.1, 0.15) is 5.84 Å². The molecule has 5 aliphatic carbocycles. The Morgan fingerprint density at radius 3 is 2.19 bits per heavy atom. The second-order valence-electron chi connectivity index (χ2n) is 17.7. The van der Waals surface area contributed by atoms with Gasteiger partial charge in [-0.1, -0.05) is 167 Å². The Morgan fingerprint density at radius 2 is 1.37 bits per heavy atom. The molecule has 0 radical (unpaired) electrons. The lowest BCUT2D eigenvalue weighted by Crippen LogP contribution is -2.29. The van der Waals surface area contributed by atoms with E-state index in [1.165, 1.54) is 93.3 Å². The number of hydrogen-bond acceptors (Lipinski definition) is 2. The summed E-state index contributed by atoms with van der Waals surface area (Å²) in [7, 11) is 0. The van der Waals surface area contributed by atoms with Crippen molar-refractivity contribution in [2.45, 2.75) is 75.7 Å². The lowest BCUT2D eigenvalue weighted by atomic mass is 9.67. The lowest BCUT2D eigenvalue weighted by Gasteiger charge is -2.36. The molecule has 1 saturated carbocycles. The van der Waals surface area contributed by atoms with E-state index in [9.17, 15) is 0 Å². The van der Waals surface area contributed by atoms with E-state index in [1.807, 2.05) is 0 Å². The minimum Gasteiger partial charge on any atom is -0.340 e. The monoisotopic (exact) mass is 738 g/mol. The Morgan fingerprint density at radius 1 is 0.614 bits per heavy atom. The first-order valence-electron chi connectivity index (χ1n) is 21.4. The Bertz CT molecular complexity index is 2620. The highest BCUT2D eigenvalue weighted by atomic mass is 15.0. The summed E-state index contributed by atoms with van der Waals surface area (Å²) in [5, 5.41) is 3.76. The number of rotatable bonds is 5. The molecular weight excluding hydrogens is 689 g/mol. The molecular formula is C55H50N2. The van der Waals surface area contributed by atoms with Crippen LogP contribution in [0.2, 0.25) is 0 Å². The zero-order chi connectivity index (χ0) is 38.1. The molecule has 2 nitrogen and oxygen atoms in total. The molecule has 1 N–H and O–H groups in total. The molecule has 11 rings (SSSR count). The molecule has 1 aliphatic heterocycles. The quantitative estimate of drug-likeness (QED) is 0.191. The fourth-order valence-corrected chi connectivity index (χ4v) is 11.3. The summed E-state index contributed by atoms with van der Waals surface area (Å²) in [4.78, 5) is 5.40. The standard InChI is InChI=1S/C55H50N2/c1-54(2)46-24-11-10-22-43(46)44-33-49-45(34-48(44)54)52-42(23-15-25-47(52)55(49)30-12-5-13-31-55)40-20-14-21-41(32-40)51-35-50(56-53(57-51)39-18-8-4-9-19-39)38-28-26-37(27-29-38)36-16-6-3-7-17-36/h3-4,6-11,14-16,18-26,28-29,32-37,51H,5,12-13,17,27,30-31H2,1-2H3,(H,56,57). The summed E-state index contributed by atoms with van der Waals surface area (Å²) in [6.45, 7) is 4.83. The SMILES string of the molecule is CC1(C)c2ccccc2-c2cc3c(cc21)-c1c(-c2cccc(C4C=C(C5=CCC(C6C=CC=CC6)C=C5)NC(c5ccccc5)=N4)c2)cccc1C31CCCCC1. The van der Waals surface area contributed by atoms with E-state index < -0.39 is 0 Å². The van der Waals surface area contributed by atoms with Crippen molar-refractivity contribution in [1.82, 2.24) is 5.32 Å². The summed E-state index contributed by atoms with van der Waals surface area (Å²) in [5.41, 5.74) is 19.1. The van der Waals surface area contributed by atoms with Gasteiger partial charge in [0.25, 0.3) is 0 Å². The van der Waals surface area contributed by atoms with Crippen LogP contribution in [0.1, 0.15) is 98.2 Å². The van der Waals surface area contributed by atoms with Gasteiger partial charge in [0.05, 0.1) is 6.04 Å². The van der Waals surface area contributed by atoms with Crippen molar-refractivity contribution >= 4 is 5.84 Å². The third-order valence-corrected chi connectivity index (χ3v) is 14.2. The van der Waals surface area contributed by atoms with Gasteiger partial charge < -0.3 is 5.32 Å². The van der Waals surface area contributed by atoms with Gasteiger partial charge in [-0.05, 0) is 129 Å². The van der Waals surface area contributed by atoms with Crippen molar-refractivity contribution in [1.29, 1.82) is 0 Å². The van der Waals surface area contributed by atoms with Gasteiger partial charge in [0, 0.05) is 22.1 Å². The summed E-state index contributed by atoms with van der Waals surface area (Å²) < 4.78 is 0. The van der Waals surface area contributed by atoms with Crippen molar-refractivity contribution in [3.63, 3.8) is 0 Å². The van der Waals surface area contributed by atoms with Crippen LogP contribution in [0.5, 0.6) is 0 Å². The molecule has 6 aliphatic rings. The fraction of sp³-hybridized carbons (Fsp3) is 0.255. The summed E-state index contributed by atoms with van der Waals surface area (Å²) in [6.07, 6.45) is 27.1. The molecule has 1 heterocycles. The summed E-state index contributed by atoms with van der Waals surface area (Å²) in [5.74, 6) is 2.02. The number of amidine groups is 1. The fourth-order valence-electron chi connectivity index (χ4n) is 11.3. The van der Waals surface area contributed by atoms with E-state index in [2.05, 4.69) is 177 Å². The van der Waals surface area contributed by atoms with E-state index >= 15 is 0 Å². The third-order valence-electron chi connectivity index (χ3n) is 14.2. The first-order chi connectivity index (χ1) is 28.0. The molecule has 2 heteroatoms. The van der Waals surface area contributed by atoms with Gasteiger partial charge in [-0.25, -0.2) is 0 Å². The van der Waals surface area contributed by atoms with Crippen LogP contribution in [0, 0.1) is 11.8 Å². The van der Waals surface area contributed by atoms with Crippen LogP contribution in [0.25, 0.3) is 33.4 Å². The number of benzene rings is 5. The van der Waals surface area contributed by atoms with Gasteiger partial charge in [0.2, 0.25) is 0 Å². The maximum atomic E-state index is 5.40. The van der Waals surface area contributed by atoms with E-state index in [0.717, 1.165) is 29.9 Å². The molecule has 1 spiro atoms. The van der Waals surface area contributed by atoms with Gasteiger partial charge in [0.15, 0.2) is 0 Å². The minimum absolute atomic E-state index is 0.0417. The summed E-state index contributed by atoms with van der Waals surface area (Å²) in [6, 6.07) is 41.3. The van der Waals surface area contributed by atoms with Crippen molar-refractivity contribution in [2.24, 2.45) is 16.8 Å². The molecule has 0 bridgehead atoms.